The summed E-state index contributed by atoms with van der Waals surface area (Å²) in [6.07, 6.45) is 2.03. The Morgan fingerprint density at radius 1 is 1.28 bits per heavy atom. The van der Waals surface area contributed by atoms with Crippen LogP contribution in [-0.4, -0.2) is 50.4 Å². The number of ether oxygens (including phenoxy) is 2. The maximum atomic E-state index is 11.5. The van der Waals surface area contributed by atoms with E-state index in [2.05, 4.69) is 30.1 Å². The second-order valence-electron chi connectivity index (χ2n) is 6.93. The Kier molecular flexibility index (Phi) is 7.02. The predicted octanol–water partition coefficient (Wildman–Crippen LogP) is 3.02. The van der Waals surface area contributed by atoms with E-state index in [0.717, 1.165) is 41.6 Å². The first-order chi connectivity index (χ1) is 11.9. The van der Waals surface area contributed by atoms with E-state index in [-0.39, 0.29) is 11.9 Å². The van der Waals surface area contributed by atoms with Crippen LogP contribution in [0.1, 0.15) is 26.3 Å². The molecule has 0 saturated carbocycles. The van der Waals surface area contributed by atoms with Gasteiger partial charge >= 0.3 is 0 Å². The molecule has 140 valence electrons. The largest absolute Gasteiger partial charge is 0.496 e. The molecule has 0 radical (unpaired) electrons. The Hall–Kier alpha value is -1.40. The third-order valence-corrected chi connectivity index (χ3v) is 5.63. The SMILES string of the molecule is COc1cc(SC)c(OC)cc1CN1C[C@@H](NC(C)=O)[C@H](C(C)C)C1. The lowest BCUT2D eigenvalue weighted by Crippen LogP contribution is -2.40. The zero-order valence-electron chi connectivity index (χ0n) is 16.1. The molecular formula is C19H30N2O3S. The molecule has 0 bridgehead atoms. The molecule has 1 aliphatic heterocycles. The van der Waals surface area contributed by atoms with Crippen LogP contribution in [0, 0.1) is 11.8 Å². The fourth-order valence-electron chi connectivity index (χ4n) is 3.59. The van der Waals surface area contributed by atoms with Gasteiger partial charge in [0.25, 0.3) is 0 Å². The summed E-state index contributed by atoms with van der Waals surface area (Å²) in [4.78, 5) is 15.0. The highest BCUT2D eigenvalue weighted by Gasteiger charge is 2.35. The minimum absolute atomic E-state index is 0.0427. The van der Waals surface area contributed by atoms with Crippen molar-refractivity contribution in [1.82, 2.24) is 10.2 Å². The number of hydrogen-bond acceptors (Lipinski definition) is 5. The van der Waals surface area contributed by atoms with Gasteiger partial charge in [0.2, 0.25) is 5.91 Å². The highest BCUT2D eigenvalue weighted by atomic mass is 32.2. The third-order valence-electron chi connectivity index (χ3n) is 4.87. The lowest BCUT2D eigenvalue weighted by molar-refractivity contribution is -0.119. The quantitative estimate of drug-likeness (QED) is 0.752. The Morgan fingerprint density at radius 3 is 2.48 bits per heavy atom. The van der Waals surface area contributed by atoms with Gasteiger partial charge in [0.15, 0.2) is 0 Å². The summed E-state index contributed by atoms with van der Waals surface area (Å²) in [6, 6.07) is 4.32. The number of carbonyl (C=O) groups is 1. The molecule has 0 aliphatic carbocycles. The van der Waals surface area contributed by atoms with Crippen LogP contribution in [0.25, 0.3) is 0 Å². The van der Waals surface area contributed by atoms with Gasteiger partial charge < -0.3 is 14.8 Å². The normalized spacial score (nSPS) is 20.8. The molecule has 1 saturated heterocycles. The lowest BCUT2D eigenvalue weighted by Gasteiger charge is -2.22. The molecule has 1 aliphatic rings. The number of benzene rings is 1. The summed E-state index contributed by atoms with van der Waals surface area (Å²) in [5.41, 5.74) is 1.11. The zero-order chi connectivity index (χ0) is 18.6. The number of amides is 1. The van der Waals surface area contributed by atoms with Gasteiger partial charge in [-0.25, -0.2) is 0 Å². The number of likely N-dealkylation sites (tertiary alicyclic amines) is 1. The monoisotopic (exact) mass is 366 g/mol. The highest BCUT2D eigenvalue weighted by molar-refractivity contribution is 7.98. The molecule has 1 aromatic rings. The number of carbonyl (C=O) groups excluding carboxylic acids is 1. The molecule has 1 aromatic carbocycles. The average Bonchev–Trinajstić information content (AvgIpc) is 2.96. The summed E-state index contributed by atoms with van der Waals surface area (Å²) < 4.78 is 11.1. The third kappa shape index (κ3) is 4.82. The van der Waals surface area contributed by atoms with Crippen LogP contribution < -0.4 is 14.8 Å². The van der Waals surface area contributed by atoms with Crippen molar-refractivity contribution in [3.63, 3.8) is 0 Å². The highest BCUT2D eigenvalue weighted by Crippen LogP contribution is 2.36. The molecule has 1 heterocycles. The summed E-state index contributed by atoms with van der Waals surface area (Å²) >= 11 is 1.65. The van der Waals surface area contributed by atoms with E-state index in [0.29, 0.717) is 11.8 Å². The van der Waals surface area contributed by atoms with Gasteiger partial charge in [-0.2, -0.15) is 0 Å². The van der Waals surface area contributed by atoms with E-state index >= 15 is 0 Å². The molecule has 0 aromatic heterocycles. The first-order valence-electron chi connectivity index (χ1n) is 8.67. The summed E-state index contributed by atoms with van der Waals surface area (Å²) in [6.45, 7) is 8.65. The molecular weight excluding hydrogens is 336 g/mol. The first kappa shape index (κ1) is 19.9. The van der Waals surface area contributed by atoms with Crippen molar-refractivity contribution < 1.29 is 14.3 Å². The topological polar surface area (TPSA) is 50.8 Å². The molecule has 2 atom stereocenters. The van der Waals surface area contributed by atoms with Gasteiger partial charge in [-0.05, 0) is 30.2 Å². The summed E-state index contributed by atoms with van der Waals surface area (Å²) in [5, 5.41) is 3.12. The standard InChI is InChI=1S/C19H30N2O3S/c1-12(2)15-10-21(11-16(15)20-13(3)22)9-14-7-18(24-5)19(25-6)8-17(14)23-4/h7-8,12,15-16H,9-11H2,1-6H3,(H,20,22)/t15-,16+/m0/s1. The van der Waals surface area contributed by atoms with Crippen LogP contribution in [0.3, 0.4) is 0 Å². The second kappa shape index (κ2) is 8.81. The number of hydrogen-bond donors (Lipinski definition) is 1. The van der Waals surface area contributed by atoms with E-state index in [1.54, 1.807) is 32.9 Å². The van der Waals surface area contributed by atoms with Crippen LogP contribution >= 0.6 is 11.8 Å². The second-order valence-corrected chi connectivity index (χ2v) is 7.78. The van der Waals surface area contributed by atoms with Gasteiger partial charge in [0.05, 0.1) is 19.1 Å². The molecule has 1 fully saturated rings. The van der Waals surface area contributed by atoms with Gasteiger partial charge in [-0.1, -0.05) is 13.8 Å². The van der Waals surface area contributed by atoms with E-state index in [1.807, 2.05) is 12.3 Å². The summed E-state index contributed by atoms with van der Waals surface area (Å²) in [5.74, 6) is 2.79. The number of thioether (sulfide) groups is 1. The predicted molar refractivity (Wildman–Crippen MR) is 103 cm³/mol. The van der Waals surface area contributed by atoms with Gasteiger partial charge in [-0.15, -0.1) is 11.8 Å². The molecule has 0 spiro atoms. The molecule has 1 N–H and O–H groups in total. The fraction of sp³-hybridized carbons (Fsp3) is 0.632. The van der Waals surface area contributed by atoms with Crippen molar-refractivity contribution in [2.24, 2.45) is 11.8 Å². The van der Waals surface area contributed by atoms with Crippen molar-refractivity contribution in [2.45, 2.75) is 38.3 Å². The van der Waals surface area contributed by atoms with Crippen LogP contribution in [0.5, 0.6) is 11.5 Å². The number of nitrogens with one attached hydrogen (secondary N) is 1. The molecule has 25 heavy (non-hydrogen) atoms. The van der Waals surface area contributed by atoms with Crippen molar-refractivity contribution >= 4 is 17.7 Å². The van der Waals surface area contributed by atoms with E-state index in [1.165, 1.54) is 0 Å². The van der Waals surface area contributed by atoms with Crippen molar-refractivity contribution in [3.05, 3.63) is 17.7 Å². The van der Waals surface area contributed by atoms with Crippen molar-refractivity contribution in [3.8, 4) is 11.5 Å². The van der Waals surface area contributed by atoms with Crippen molar-refractivity contribution in [1.29, 1.82) is 0 Å². The number of nitrogens with zero attached hydrogens (tertiary/aromatic N) is 1. The van der Waals surface area contributed by atoms with Crippen molar-refractivity contribution in [2.75, 3.05) is 33.6 Å². The average molecular weight is 367 g/mol. The van der Waals surface area contributed by atoms with E-state index in [4.69, 9.17) is 9.47 Å². The van der Waals surface area contributed by atoms with Crippen LogP contribution in [0.2, 0.25) is 0 Å². The maximum absolute atomic E-state index is 11.5. The smallest absolute Gasteiger partial charge is 0.217 e. The van der Waals surface area contributed by atoms with Gasteiger partial charge in [-0.3, -0.25) is 9.69 Å². The van der Waals surface area contributed by atoms with Crippen LogP contribution in [-0.2, 0) is 11.3 Å². The van der Waals surface area contributed by atoms with Crippen LogP contribution in [0.15, 0.2) is 17.0 Å². The minimum Gasteiger partial charge on any atom is -0.496 e. The Bertz CT molecular complexity index is 607. The zero-order valence-corrected chi connectivity index (χ0v) is 16.9. The fourth-order valence-corrected chi connectivity index (χ4v) is 4.16. The van der Waals surface area contributed by atoms with E-state index < -0.39 is 0 Å². The first-order valence-corrected chi connectivity index (χ1v) is 9.90. The molecule has 6 heteroatoms. The lowest BCUT2D eigenvalue weighted by atomic mass is 9.91. The molecule has 0 unspecified atom stereocenters. The Balaban J connectivity index is 2.20. The minimum atomic E-state index is 0.0427. The summed E-state index contributed by atoms with van der Waals surface area (Å²) in [7, 11) is 3.40. The Labute approximate surface area is 155 Å². The number of rotatable bonds is 7. The maximum Gasteiger partial charge on any atom is 0.217 e. The van der Waals surface area contributed by atoms with Crippen LogP contribution in [0.4, 0.5) is 0 Å². The Morgan fingerprint density at radius 2 is 1.96 bits per heavy atom. The molecule has 5 nitrogen and oxygen atoms in total. The molecule has 1 amide bonds. The van der Waals surface area contributed by atoms with Gasteiger partial charge in [0, 0.05) is 38.2 Å². The van der Waals surface area contributed by atoms with Gasteiger partial charge in [0.1, 0.15) is 11.5 Å². The number of methoxy groups -OCH3 is 2. The molecule has 2 rings (SSSR count). The van der Waals surface area contributed by atoms with E-state index in [9.17, 15) is 4.79 Å².